The number of hydrogen-bond donors (Lipinski definition) is 1. The first-order chi connectivity index (χ1) is 6.54. The number of aliphatic imine (C=N–C) groups is 1. The Bertz CT molecular complexity index is 221. The summed E-state index contributed by atoms with van der Waals surface area (Å²) in [4.78, 5) is 4.22. The van der Waals surface area contributed by atoms with Crippen LogP contribution in [0.5, 0.6) is 0 Å². The van der Waals surface area contributed by atoms with Gasteiger partial charge in [0.1, 0.15) is 0 Å². The number of nitrogens with zero attached hydrogens (tertiary/aromatic N) is 1. The summed E-state index contributed by atoms with van der Waals surface area (Å²) in [5.74, 6) is 1.53. The fraction of sp³-hybridized carbons (Fsp3) is 0.875. The molecule has 0 amide bonds. The highest BCUT2D eigenvalue weighted by Crippen LogP contribution is 2.54. The zero-order chi connectivity index (χ0) is 11.0. The maximum atomic E-state index is 5.33. The van der Waals surface area contributed by atoms with Crippen LogP contribution in [-0.2, 0) is 16.3 Å². The van der Waals surface area contributed by atoms with Crippen molar-refractivity contribution >= 4 is 35.1 Å². The summed E-state index contributed by atoms with van der Waals surface area (Å²) in [6.07, 6.45) is 1.69. The lowest BCUT2D eigenvalue weighted by Crippen LogP contribution is -2.08. The van der Waals surface area contributed by atoms with Crippen LogP contribution >= 0.6 is 17.0 Å². The van der Waals surface area contributed by atoms with Crippen LogP contribution in [-0.4, -0.2) is 25.7 Å². The molecule has 0 aliphatic carbocycles. The zero-order valence-corrected chi connectivity index (χ0v) is 11.7. The molecule has 1 atom stereocenters. The molecule has 0 heterocycles. The van der Waals surface area contributed by atoms with Crippen molar-refractivity contribution < 1.29 is 4.52 Å². The average Bonchev–Trinajstić information content (AvgIpc) is 2.13. The van der Waals surface area contributed by atoms with Gasteiger partial charge in [0.15, 0.2) is 0 Å². The SMILES string of the molecule is CCSP(=S)(N/C=N/CC(C)C)OC. The van der Waals surface area contributed by atoms with E-state index in [-0.39, 0.29) is 0 Å². The second kappa shape index (κ2) is 7.69. The van der Waals surface area contributed by atoms with E-state index in [0.29, 0.717) is 5.92 Å². The molecule has 0 bridgehead atoms. The third kappa shape index (κ3) is 6.82. The minimum Gasteiger partial charge on any atom is -0.330 e. The molecule has 0 rings (SSSR count). The third-order valence-corrected chi connectivity index (χ3v) is 7.10. The Hall–Kier alpha value is 0.430. The van der Waals surface area contributed by atoms with E-state index in [1.54, 1.807) is 24.8 Å². The van der Waals surface area contributed by atoms with E-state index in [4.69, 9.17) is 16.3 Å². The molecule has 0 aromatic carbocycles. The topological polar surface area (TPSA) is 33.6 Å². The van der Waals surface area contributed by atoms with Crippen LogP contribution in [0.15, 0.2) is 4.99 Å². The van der Waals surface area contributed by atoms with Crippen LogP contribution in [0, 0.1) is 5.92 Å². The van der Waals surface area contributed by atoms with Gasteiger partial charge < -0.3 is 9.61 Å². The second-order valence-corrected chi connectivity index (χ2v) is 10.1. The Labute approximate surface area is 96.0 Å². The Kier molecular flexibility index (Phi) is 7.92. The van der Waals surface area contributed by atoms with E-state index >= 15 is 0 Å². The highest BCUT2D eigenvalue weighted by atomic mass is 32.9. The highest BCUT2D eigenvalue weighted by Gasteiger charge is 2.12. The Balaban J connectivity index is 3.94. The third-order valence-electron chi connectivity index (χ3n) is 1.32. The molecule has 0 aromatic rings. The molecular formula is C8H19N2OPS2. The molecule has 0 saturated carbocycles. The normalized spacial score (nSPS) is 16.1. The highest BCUT2D eigenvalue weighted by molar-refractivity contribution is 8.68. The molecule has 6 heteroatoms. The molecule has 84 valence electrons. The van der Waals surface area contributed by atoms with Crippen molar-refractivity contribution in [1.29, 1.82) is 0 Å². The molecule has 1 unspecified atom stereocenters. The van der Waals surface area contributed by atoms with Crippen molar-refractivity contribution in [2.75, 3.05) is 19.4 Å². The molecule has 0 aliphatic heterocycles. The van der Waals surface area contributed by atoms with Gasteiger partial charge in [-0.25, -0.2) is 0 Å². The smallest absolute Gasteiger partial charge is 0.210 e. The van der Waals surface area contributed by atoms with Gasteiger partial charge in [0.05, 0.1) is 6.34 Å². The predicted molar refractivity (Wildman–Crippen MR) is 70.8 cm³/mol. The van der Waals surface area contributed by atoms with Gasteiger partial charge in [0, 0.05) is 13.7 Å². The van der Waals surface area contributed by atoms with Crippen LogP contribution in [0.25, 0.3) is 0 Å². The molecule has 0 saturated heterocycles. The van der Waals surface area contributed by atoms with E-state index < -0.39 is 5.62 Å². The quantitative estimate of drug-likeness (QED) is 0.430. The first-order valence-electron chi connectivity index (χ1n) is 4.60. The van der Waals surface area contributed by atoms with E-state index in [1.165, 1.54) is 0 Å². The lowest BCUT2D eigenvalue weighted by Gasteiger charge is -2.17. The van der Waals surface area contributed by atoms with E-state index in [1.807, 2.05) is 0 Å². The molecule has 1 N–H and O–H groups in total. The van der Waals surface area contributed by atoms with Crippen molar-refractivity contribution in [3.63, 3.8) is 0 Å². The van der Waals surface area contributed by atoms with E-state index in [9.17, 15) is 0 Å². The summed E-state index contributed by atoms with van der Waals surface area (Å²) in [5, 5.41) is 3.08. The lowest BCUT2D eigenvalue weighted by molar-refractivity contribution is 0.467. The Morgan fingerprint density at radius 2 is 2.29 bits per heavy atom. The summed E-state index contributed by atoms with van der Waals surface area (Å²) >= 11 is 6.97. The molecule has 0 fully saturated rings. The largest absolute Gasteiger partial charge is 0.330 e. The molecule has 0 aromatic heterocycles. The van der Waals surface area contributed by atoms with Gasteiger partial charge in [-0.2, -0.15) is 0 Å². The van der Waals surface area contributed by atoms with Gasteiger partial charge in [-0.1, -0.05) is 32.2 Å². The minimum atomic E-state index is -1.91. The van der Waals surface area contributed by atoms with Crippen molar-refractivity contribution in [2.45, 2.75) is 20.8 Å². The van der Waals surface area contributed by atoms with Crippen LogP contribution in [0.4, 0.5) is 0 Å². The second-order valence-electron chi connectivity index (χ2n) is 3.12. The Morgan fingerprint density at radius 3 is 2.71 bits per heavy atom. The van der Waals surface area contributed by atoms with Crippen molar-refractivity contribution in [2.24, 2.45) is 10.9 Å². The van der Waals surface area contributed by atoms with Crippen LogP contribution in [0.2, 0.25) is 0 Å². The first kappa shape index (κ1) is 14.4. The molecule has 14 heavy (non-hydrogen) atoms. The lowest BCUT2D eigenvalue weighted by atomic mass is 10.2. The van der Waals surface area contributed by atoms with Gasteiger partial charge >= 0.3 is 0 Å². The van der Waals surface area contributed by atoms with Crippen LogP contribution in [0.3, 0.4) is 0 Å². The number of rotatable bonds is 7. The first-order valence-corrected chi connectivity index (χ1v) is 8.91. The van der Waals surface area contributed by atoms with Crippen molar-refractivity contribution in [3.05, 3.63) is 0 Å². The predicted octanol–water partition coefficient (Wildman–Crippen LogP) is 2.88. The standard InChI is InChI=1S/C8H19N2OPS2/c1-5-14-12(13,11-4)10-7-9-6-8(2)3/h7-8H,5-6H2,1-4H3,(H,9,10,13). The monoisotopic (exact) mass is 254 g/mol. The molecule has 3 nitrogen and oxygen atoms in total. The summed E-state index contributed by atoms with van der Waals surface area (Å²) in [6.45, 7) is 7.15. The van der Waals surface area contributed by atoms with E-state index in [2.05, 4.69) is 30.9 Å². The van der Waals surface area contributed by atoms with Crippen LogP contribution < -0.4 is 5.09 Å². The van der Waals surface area contributed by atoms with Gasteiger partial charge in [-0.15, -0.1) is 0 Å². The fourth-order valence-electron chi connectivity index (χ4n) is 0.688. The molecule has 0 aliphatic rings. The zero-order valence-electron chi connectivity index (χ0n) is 9.19. The van der Waals surface area contributed by atoms with Gasteiger partial charge in [-0.3, -0.25) is 4.99 Å². The maximum Gasteiger partial charge on any atom is 0.210 e. The average molecular weight is 254 g/mol. The van der Waals surface area contributed by atoms with Gasteiger partial charge in [0.25, 0.3) is 0 Å². The fourth-order valence-corrected chi connectivity index (χ4v) is 4.33. The molecule has 0 radical (unpaired) electrons. The van der Waals surface area contributed by atoms with Gasteiger partial charge in [-0.05, 0) is 23.5 Å². The van der Waals surface area contributed by atoms with Crippen molar-refractivity contribution in [3.8, 4) is 0 Å². The van der Waals surface area contributed by atoms with Crippen LogP contribution in [0.1, 0.15) is 20.8 Å². The summed E-state index contributed by atoms with van der Waals surface area (Å²) in [7, 11) is 1.65. The van der Waals surface area contributed by atoms with E-state index in [0.717, 1.165) is 12.3 Å². The number of nitrogens with one attached hydrogen (secondary N) is 1. The van der Waals surface area contributed by atoms with Gasteiger partial charge in [0.2, 0.25) is 5.62 Å². The van der Waals surface area contributed by atoms with Crippen molar-refractivity contribution in [1.82, 2.24) is 5.09 Å². The molecule has 0 spiro atoms. The molecular weight excluding hydrogens is 235 g/mol. The minimum absolute atomic E-state index is 0.576. The Morgan fingerprint density at radius 1 is 1.64 bits per heavy atom. The summed E-state index contributed by atoms with van der Waals surface area (Å²) in [6, 6.07) is 0. The maximum absolute atomic E-state index is 5.33. The summed E-state index contributed by atoms with van der Waals surface area (Å²) < 4.78 is 5.27. The number of hydrogen-bond acceptors (Lipinski definition) is 4. The summed E-state index contributed by atoms with van der Waals surface area (Å²) in [5.41, 5.74) is -1.91.